The lowest BCUT2D eigenvalue weighted by atomic mass is 9.85. The van der Waals surface area contributed by atoms with E-state index in [1.807, 2.05) is 24.3 Å². The van der Waals surface area contributed by atoms with Gasteiger partial charge in [-0.05, 0) is 46.9 Å². The summed E-state index contributed by atoms with van der Waals surface area (Å²) in [6.07, 6.45) is 0. The van der Waals surface area contributed by atoms with Crippen LogP contribution in [0.2, 0.25) is 5.02 Å². The predicted molar refractivity (Wildman–Crippen MR) is 141 cm³/mol. The first kappa shape index (κ1) is 25.3. The molecule has 1 unspecified atom stereocenters. The zero-order chi connectivity index (χ0) is 26.2. The van der Waals surface area contributed by atoms with Gasteiger partial charge in [0, 0.05) is 16.8 Å². The zero-order valence-corrected chi connectivity index (χ0v) is 21.6. The van der Waals surface area contributed by atoms with Gasteiger partial charge in [-0.2, -0.15) is 0 Å². The largest absolute Gasteiger partial charge is 0.507 e. The SMILES string of the molecule is COc1cccc(N2C(=O)C(=O)/C(=C(/O)c3cc(Cl)ccc3OC)C2c2ccc(C(C)(C)C)cc2)c1. The number of Topliss-reactive ketones (excluding diaryl/α,β-unsaturated/α-hetero) is 1. The van der Waals surface area contributed by atoms with Crippen molar-refractivity contribution in [3.8, 4) is 11.5 Å². The number of hydrogen-bond acceptors (Lipinski definition) is 5. The van der Waals surface area contributed by atoms with E-state index < -0.39 is 17.7 Å². The Bertz CT molecular complexity index is 1350. The average Bonchev–Trinajstić information content (AvgIpc) is 3.13. The van der Waals surface area contributed by atoms with E-state index in [-0.39, 0.29) is 22.3 Å². The smallest absolute Gasteiger partial charge is 0.300 e. The summed E-state index contributed by atoms with van der Waals surface area (Å²) in [7, 11) is 2.99. The van der Waals surface area contributed by atoms with Gasteiger partial charge in [0.15, 0.2) is 0 Å². The van der Waals surface area contributed by atoms with Crippen molar-refractivity contribution in [2.45, 2.75) is 32.2 Å². The van der Waals surface area contributed by atoms with Gasteiger partial charge in [0.1, 0.15) is 17.3 Å². The van der Waals surface area contributed by atoms with Gasteiger partial charge in [-0.1, -0.05) is 62.7 Å². The molecule has 3 aromatic carbocycles. The highest BCUT2D eigenvalue weighted by atomic mass is 35.5. The van der Waals surface area contributed by atoms with Crippen molar-refractivity contribution < 1.29 is 24.2 Å². The molecule has 3 aromatic rings. The molecule has 0 saturated carbocycles. The normalized spacial score (nSPS) is 17.4. The number of hydrogen-bond donors (Lipinski definition) is 1. The summed E-state index contributed by atoms with van der Waals surface area (Å²) in [5.74, 6) is -1.06. The molecule has 0 radical (unpaired) electrons. The molecule has 6 nitrogen and oxygen atoms in total. The lowest BCUT2D eigenvalue weighted by Gasteiger charge is -2.27. The number of aliphatic hydroxyl groups excluding tert-OH is 1. The number of rotatable bonds is 5. The third kappa shape index (κ3) is 4.56. The number of benzene rings is 3. The van der Waals surface area contributed by atoms with E-state index in [9.17, 15) is 14.7 Å². The third-order valence-corrected chi connectivity index (χ3v) is 6.52. The molecule has 0 aromatic heterocycles. The number of ether oxygens (including phenoxy) is 2. The minimum atomic E-state index is -0.880. The van der Waals surface area contributed by atoms with Gasteiger partial charge in [-0.3, -0.25) is 14.5 Å². The molecule has 186 valence electrons. The van der Waals surface area contributed by atoms with Crippen LogP contribution >= 0.6 is 11.6 Å². The summed E-state index contributed by atoms with van der Waals surface area (Å²) < 4.78 is 10.7. The number of aliphatic hydroxyl groups is 1. The Balaban J connectivity index is 1.97. The second kappa shape index (κ2) is 9.70. The number of amides is 1. The van der Waals surface area contributed by atoms with Crippen molar-refractivity contribution in [1.29, 1.82) is 0 Å². The van der Waals surface area contributed by atoms with Gasteiger partial charge >= 0.3 is 0 Å². The number of methoxy groups -OCH3 is 2. The molecule has 36 heavy (non-hydrogen) atoms. The Labute approximate surface area is 215 Å². The van der Waals surface area contributed by atoms with Crippen LogP contribution in [0, 0.1) is 0 Å². The standard InChI is InChI=1S/C29H28ClNO5/c1-29(2,3)18-11-9-17(10-12-18)25-24(26(32)22-15-19(30)13-14-23(22)36-5)27(33)28(34)31(25)20-7-6-8-21(16-20)35-4/h6-16,25,32H,1-5H3/b26-24+. The highest BCUT2D eigenvalue weighted by Gasteiger charge is 2.47. The Morgan fingerprint density at radius 2 is 1.64 bits per heavy atom. The van der Waals surface area contributed by atoms with Crippen LogP contribution in [0.3, 0.4) is 0 Å². The number of nitrogens with zero attached hydrogens (tertiary/aromatic N) is 1. The lowest BCUT2D eigenvalue weighted by Crippen LogP contribution is -2.29. The van der Waals surface area contributed by atoms with Crippen molar-refractivity contribution >= 4 is 34.7 Å². The van der Waals surface area contributed by atoms with Gasteiger partial charge in [0.2, 0.25) is 0 Å². The Kier molecular flexibility index (Phi) is 6.83. The van der Waals surface area contributed by atoms with E-state index in [0.717, 1.165) is 5.56 Å². The van der Waals surface area contributed by atoms with Crippen LogP contribution < -0.4 is 14.4 Å². The molecular formula is C29H28ClNO5. The Hall–Kier alpha value is -3.77. The lowest BCUT2D eigenvalue weighted by molar-refractivity contribution is -0.132. The van der Waals surface area contributed by atoms with Gasteiger partial charge < -0.3 is 14.6 Å². The number of carbonyl (C=O) groups excluding carboxylic acids is 2. The van der Waals surface area contributed by atoms with Crippen LogP contribution in [0.1, 0.15) is 43.5 Å². The van der Waals surface area contributed by atoms with Gasteiger partial charge in [-0.25, -0.2) is 0 Å². The summed E-state index contributed by atoms with van der Waals surface area (Å²) in [4.78, 5) is 28.2. The second-order valence-corrected chi connectivity index (χ2v) is 10.0. The maximum Gasteiger partial charge on any atom is 0.300 e. The Morgan fingerprint density at radius 1 is 0.944 bits per heavy atom. The minimum Gasteiger partial charge on any atom is -0.507 e. The monoisotopic (exact) mass is 505 g/mol. The molecule has 4 rings (SSSR count). The van der Waals surface area contributed by atoms with Crippen molar-refractivity contribution in [3.63, 3.8) is 0 Å². The van der Waals surface area contributed by atoms with Gasteiger partial charge in [0.25, 0.3) is 11.7 Å². The topological polar surface area (TPSA) is 76.1 Å². The maximum atomic E-state index is 13.4. The fourth-order valence-electron chi connectivity index (χ4n) is 4.35. The maximum absolute atomic E-state index is 13.4. The fourth-order valence-corrected chi connectivity index (χ4v) is 4.52. The van der Waals surface area contributed by atoms with Crippen LogP contribution in [-0.2, 0) is 15.0 Å². The zero-order valence-electron chi connectivity index (χ0n) is 20.8. The van der Waals surface area contributed by atoms with E-state index in [1.165, 1.54) is 25.2 Å². The molecule has 0 aliphatic carbocycles. The summed E-state index contributed by atoms with van der Waals surface area (Å²) in [6.45, 7) is 6.32. The molecule has 7 heteroatoms. The molecule has 1 fully saturated rings. The molecule has 1 amide bonds. The second-order valence-electron chi connectivity index (χ2n) is 9.59. The van der Waals surface area contributed by atoms with Crippen LogP contribution in [0.4, 0.5) is 5.69 Å². The van der Waals surface area contributed by atoms with Crippen LogP contribution in [0.25, 0.3) is 5.76 Å². The molecule has 0 spiro atoms. The number of carbonyl (C=O) groups is 2. The summed E-state index contributed by atoms with van der Waals surface area (Å²) in [5.41, 5.74) is 2.34. The molecular weight excluding hydrogens is 478 g/mol. The molecule has 1 saturated heterocycles. The van der Waals surface area contributed by atoms with Crippen molar-refractivity contribution in [2.75, 3.05) is 19.1 Å². The molecule has 1 N–H and O–H groups in total. The highest BCUT2D eigenvalue weighted by Crippen LogP contribution is 2.44. The third-order valence-electron chi connectivity index (χ3n) is 6.29. The van der Waals surface area contributed by atoms with E-state index in [2.05, 4.69) is 20.8 Å². The van der Waals surface area contributed by atoms with Crippen molar-refractivity contribution in [3.05, 3.63) is 94.0 Å². The summed E-state index contributed by atoms with van der Waals surface area (Å²) >= 11 is 6.20. The molecule has 1 heterocycles. The van der Waals surface area contributed by atoms with Crippen molar-refractivity contribution in [1.82, 2.24) is 0 Å². The number of halogens is 1. The molecule has 1 atom stereocenters. The van der Waals surface area contributed by atoms with E-state index in [1.54, 1.807) is 36.4 Å². The minimum absolute atomic E-state index is 0.0492. The van der Waals surface area contributed by atoms with E-state index in [0.29, 0.717) is 27.8 Å². The van der Waals surface area contributed by atoms with Gasteiger partial charge in [0.05, 0.1) is 31.4 Å². The summed E-state index contributed by atoms with van der Waals surface area (Å²) in [6, 6.07) is 18.5. The first-order valence-electron chi connectivity index (χ1n) is 11.5. The first-order valence-corrected chi connectivity index (χ1v) is 11.8. The van der Waals surface area contributed by atoms with Gasteiger partial charge in [-0.15, -0.1) is 0 Å². The number of anilines is 1. The predicted octanol–water partition coefficient (Wildman–Crippen LogP) is 6.28. The van der Waals surface area contributed by atoms with Crippen LogP contribution in [0.5, 0.6) is 11.5 Å². The van der Waals surface area contributed by atoms with E-state index >= 15 is 0 Å². The Morgan fingerprint density at radius 3 is 2.25 bits per heavy atom. The quantitative estimate of drug-likeness (QED) is 0.251. The first-order chi connectivity index (χ1) is 17.1. The average molecular weight is 506 g/mol. The fraction of sp³-hybridized carbons (Fsp3) is 0.241. The highest BCUT2D eigenvalue weighted by molar-refractivity contribution is 6.51. The van der Waals surface area contributed by atoms with Crippen LogP contribution in [-0.4, -0.2) is 31.0 Å². The number of ketones is 1. The molecule has 1 aliphatic heterocycles. The molecule has 1 aliphatic rings. The summed E-state index contributed by atoms with van der Waals surface area (Å²) in [5, 5.41) is 11.8. The van der Waals surface area contributed by atoms with Crippen molar-refractivity contribution in [2.24, 2.45) is 0 Å². The molecule has 0 bridgehead atoms. The van der Waals surface area contributed by atoms with E-state index in [4.69, 9.17) is 21.1 Å². The van der Waals surface area contributed by atoms with Crippen LogP contribution in [0.15, 0.2) is 72.3 Å².